The van der Waals surface area contributed by atoms with Gasteiger partial charge < -0.3 is 10.3 Å². The van der Waals surface area contributed by atoms with E-state index in [1.165, 1.54) is 0 Å². The second-order valence-corrected chi connectivity index (χ2v) is 6.95. The molecule has 23 heavy (non-hydrogen) atoms. The number of carbonyl (C=O) groups is 1. The summed E-state index contributed by atoms with van der Waals surface area (Å²) in [5, 5.41) is 0. The summed E-state index contributed by atoms with van der Waals surface area (Å²) in [5.74, 6) is -0.0955. The summed E-state index contributed by atoms with van der Waals surface area (Å²) in [7, 11) is 0. The maximum atomic E-state index is 12.3. The standard InChI is InChI=1S/C17H21N3O2S/c1-12(2)9-16(18)17(21)20-23(22)15-7-3-5-13(10-15)14-6-4-8-19-11-14/h3-8,10-12,16H,9,18H2,1-2H3,(H,20,21). The number of carbonyl (C=O) groups excluding carboxylic acids is 1. The van der Waals surface area contributed by atoms with E-state index in [2.05, 4.69) is 9.71 Å². The lowest BCUT2D eigenvalue weighted by Crippen LogP contribution is -2.43. The van der Waals surface area contributed by atoms with Gasteiger partial charge >= 0.3 is 0 Å². The molecule has 3 N–H and O–H groups in total. The first kappa shape index (κ1) is 17.5. The molecule has 0 fully saturated rings. The molecule has 0 bridgehead atoms. The third-order valence-corrected chi connectivity index (χ3v) is 4.37. The van der Waals surface area contributed by atoms with Gasteiger partial charge in [-0.25, -0.2) is 0 Å². The van der Waals surface area contributed by atoms with E-state index in [-0.39, 0.29) is 0 Å². The zero-order valence-electron chi connectivity index (χ0n) is 13.2. The van der Waals surface area contributed by atoms with Gasteiger partial charge in [0.25, 0.3) is 5.91 Å². The Balaban J connectivity index is 2.08. The van der Waals surface area contributed by atoms with E-state index < -0.39 is 23.3 Å². The average molecular weight is 331 g/mol. The van der Waals surface area contributed by atoms with Gasteiger partial charge in [0.2, 0.25) is 0 Å². The summed E-state index contributed by atoms with van der Waals surface area (Å²) in [4.78, 5) is 16.6. The van der Waals surface area contributed by atoms with Crippen molar-refractivity contribution in [3.8, 4) is 11.1 Å². The van der Waals surface area contributed by atoms with Crippen LogP contribution in [0.15, 0.2) is 53.7 Å². The third-order valence-electron chi connectivity index (χ3n) is 3.30. The molecular weight excluding hydrogens is 310 g/mol. The third kappa shape index (κ3) is 5.06. The van der Waals surface area contributed by atoms with Gasteiger partial charge in [-0.1, -0.05) is 32.0 Å². The van der Waals surface area contributed by atoms with Gasteiger partial charge in [0.15, 0.2) is 4.90 Å². The predicted octanol–water partition coefficient (Wildman–Crippen LogP) is 2.26. The van der Waals surface area contributed by atoms with Gasteiger partial charge in [-0.2, -0.15) is 4.72 Å². The molecule has 2 unspecified atom stereocenters. The van der Waals surface area contributed by atoms with Crippen LogP contribution in [0.3, 0.4) is 0 Å². The number of aromatic nitrogens is 1. The van der Waals surface area contributed by atoms with Crippen LogP contribution in [-0.2, 0) is 16.2 Å². The molecule has 122 valence electrons. The molecule has 1 aromatic heterocycles. The molecule has 0 spiro atoms. The van der Waals surface area contributed by atoms with Crippen LogP contribution in [0.1, 0.15) is 20.3 Å². The fraction of sp³-hybridized carbons (Fsp3) is 0.294. The fourth-order valence-electron chi connectivity index (χ4n) is 2.17. The molecule has 2 aromatic rings. The van der Waals surface area contributed by atoms with Gasteiger partial charge in [0, 0.05) is 24.0 Å². The van der Waals surface area contributed by atoms with Crippen LogP contribution in [0.5, 0.6) is 0 Å². The van der Waals surface area contributed by atoms with E-state index in [0.29, 0.717) is 17.2 Å². The summed E-state index contributed by atoms with van der Waals surface area (Å²) in [5.41, 5.74) is 7.63. The van der Waals surface area contributed by atoms with Gasteiger partial charge in [0.05, 0.1) is 6.04 Å². The molecule has 0 radical (unpaired) electrons. The van der Waals surface area contributed by atoms with Crippen molar-refractivity contribution < 1.29 is 9.35 Å². The van der Waals surface area contributed by atoms with Crippen molar-refractivity contribution in [1.29, 1.82) is 0 Å². The van der Waals surface area contributed by atoms with Gasteiger partial charge in [-0.05, 0) is 30.0 Å². The van der Waals surface area contributed by atoms with E-state index >= 15 is 0 Å². The maximum Gasteiger partial charge on any atom is 0.278 e. The van der Waals surface area contributed by atoms with Gasteiger partial charge in [0.1, 0.15) is 11.4 Å². The first-order valence-electron chi connectivity index (χ1n) is 7.45. The summed E-state index contributed by atoms with van der Waals surface area (Å²) in [6.45, 7) is 3.98. The number of pyridine rings is 1. The highest BCUT2D eigenvalue weighted by Gasteiger charge is 2.22. The van der Waals surface area contributed by atoms with Crippen LogP contribution >= 0.6 is 0 Å². The van der Waals surface area contributed by atoms with E-state index in [9.17, 15) is 9.35 Å². The Morgan fingerprint density at radius 3 is 2.70 bits per heavy atom. The minimum Gasteiger partial charge on any atom is -0.588 e. The molecule has 0 aliphatic rings. The maximum absolute atomic E-state index is 12.3. The Morgan fingerprint density at radius 1 is 1.30 bits per heavy atom. The fourth-order valence-corrected chi connectivity index (χ4v) is 3.05. The molecule has 0 saturated heterocycles. The molecular formula is C17H21N3O2S. The highest BCUT2D eigenvalue weighted by Crippen LogP contribution is 2.21. The molecule has 0 aliphatic heterocycles. The van der Waals surface area contributed by atoms with Crippen LogP contribution in [-0.4, -0.2) is 21.5 Å². The van der Waals surface area contributed by atoms with Crippen molar-refractivity contribution in [3.05, 3.63) is 48.8 Å². The molecule has 0 aliphatic carbocycles. The number of hydrogen-bond donors (Lipinski definition) is 2. The number of amides is 1. The second kappa shape index (κ2) is 8.10. The zero-order chi connectivity index (χ0) is 16.8. The normalized spacial score (nSPS) is 13.6. The smallest absolute Gasteiger partial charge is 0.278 e. The Labute approximate surface area is 139 Å². The number of nitrogens with two attached hydrogens (primary N) is 1. The van der Waals surface area contributed by atoms with Crippen LogP contribution in [0.2, 0.25) is 0 Å². The minimum absolute atomic E-state index is 0.304. The Bertz CT molecular complexity index is 649. The lowest BCUT2D eigenvalue weighted by atomic mass is 10.0. The van der Waals surface area contributed by atoms with Crippen LogP contribution < -0.4 is 10.5 Å². The topological polar surface area (TPSA) is 91.1 Å². The van der Waals surface area contributed by atoms with Crippen LogP contribution in [0, 0.1) is 5.92 Å². The lowest BCUT2D eigenvalue weighted by Gasteiger charge is -2.16. The monoisotopic (exact) mass is 331 g/mol. The summed E-state index contributed by atoms with van der Waals surface area (Å²) >= 11 is -1.63. The summed E-state index contributed by atoms with van der Waals surface area (Å²) in [6.07, 6.45) is 3.99. The summed E-state index contributed by atoms with van der Waals surface area (Å²) < 4.78 is 14.8. The minimum atomic E-state index is -1.63. The molecule has 5 nitrogen and oxygen atoms in total. The van der Waals surface area contributed by atoms with Crippen molar-refractivity contribution in [1.82, 2.24) is 9.71 Å². The molecule has 1 heterocycles. The van der Waals surface area contributed by atoms with E-state index in [4.69, 9.17) is 5.73 Å². The molecule has 2 rings (SSSR count). The average Bonchev–Trinajstić information content (AvgIpc) is 2.55. The molecule has 0 saturated carbocycles. The quantitative estimate of drug-likeness (QED) is 0.794. The summed E-state index contributed by atoms with van der Waals surface area (Å²) in [6, 6.07) is 10.3. The number of nitrogens with zero attached hydrogens (tertiary/aromatic N) is 1. The van der Waals surface area contributed by atoms with Crippen LogP contribution in [0.4, 0.5) is 0 Å². The van der Waals surface area contributed by atoms with Gasteiger partial charge in [-0.3, -0.25) is 9.78 Å². The van der Waals surface area contributed by atoms with Crippen LogP contribution in [0.25, 0.3) is 11.1 Å². The molecule has 2 atom stereocenters. The molecule has 1 aromatic carbocycles. The van der Waals surface area contributed by atoms with Gasteiger partial charge in [-0.15, -0.1) is 0 Å². The van der Waals surface area contributed by atoms with E-state index in [0.717, 1.165) is 11.1 Å². The molecule has 6 heteroatoms. The van der Waals surface area contributed by atoms with E-state index in [1.807, 2.05) is 32.0 Å². The number of nitrogens with one attached hydrogen (secondary N) is 1. The molecule has 1 amide bonds. The highest BCUT2D eigenvalue weighted by atomic mass is 32.2. The highest BCUT2D eigenvalue weighted by molar-refractivity contribution is 7.90. The number of hydrogen-bond acceptors (Lipinski definition) is 4. The largest absolute Gasteiger partial charge is 0.588 e. The van der Waals surface area contributed by atoms with E-state index in [1.54, 1.807) is 30.6 Å². The van der Waals surface area contributed by atoms with Crippen molar-refractivity contribution in [2.24, 2.45) is 11.7 Å². The Kier molecular flexibility index (Phi) is 6.15. The Morgan fingerprint density at radius 2 is 2.04 bits per heavy atom. The lowest BCUT2D eigenvalue weighted by molar-refractivity contribution is -0.120. The SMILES string of the molecule is CC(C)CC(N)C(=O)N[S+]([O-])c1cccc(-c2cccnc2)c1. The number of benzene rings is 1. The predicted molar refractivity (Wildman–Crippen MR) is 91.7 cm³/mol. The number of rotatable bonds is 6. The van der Waals surface area contributed by atoms with Crippen molar-refractivity contribution in [2.45, 2.75) is 31.2 Å². The first-order valence-corrected chi connectivity index (χ1v) is 8.60. The zero-order valence-corrected chi connectivity index (χ0v) is 14.0. The second-order valence-electron chi connectivity index (χ2n) is 5.74. The van der Waals surface area contributed by atoms with Crippen molar-refractivity contribution in [3.63, 3.8) is 0 Å². The first-order chi connectivity index (χ1) is 11.0. The van der Waals surface area contributed by atoms with Crippen molar-refractivity contribution >= 4 is 17.3 Å². The van der Waals surface area contributed by atoms with Crippen molar-refractivity contribution in [2.75, 3.05) is 0 Å². The Hall–Kier alpha value is -1.89.